The van der Waals surface area contributed by atoms with E-state index in [1.165, 1.54) is 0 Å². The van der Waals surface area contributed by atoms with Gasteiger partial charge >= 0.3 is 0 Å². The van der Waals surface area contributed by atoms with Gasteiger partial charge < -0.3 is 4.90 Å². The van der Waals surface area contributed by atoms with E-state index in [1.54, 1.807) is 0 Å². The van der Waals surface area contributed by atoms with Crippen LogP contribution in [0.1, 0.15) is 32.1 Å². The standard InChI is InChI=1S/C12H18N2O/c1-14-7-2-4-10(8-14)11(15)12(9-13)5-3-6-12/h10H,2-8H2,1H3. The second-order valence-corrected chi connectivity index (χ2v) is 5.01. The second-order valence-electron chi connectivity index (χ2n) is 5.01. The van der Waals surface area contributed by atoms with Crippen LogP contribution in [0.2, 0.25) is 0 Å². The van der Waals surface area contributed by atoms with Crippen molar-refractivity contribution in [3.8, 4) is 6.07 Å². The fourth-order valence-electron chi connectivity index (χ4n) is 2.71. The smallest absolute Gasteiger partial charge is 0.157 e. The Labute approximate surface area is 91.1 Å². The predicted octanol–water partition coefficient (Wildman–Crippen LogP) is 1.59. The minimum atomic E-state index is -0.594. The number of nitrogens with zero attached hydrogens (tertiary/aromatic N) is 2. The zero-order valence-corrected chi connectivity index (χ0v) is 9.33. The van der Waals surface area contributed by atoms with Gasteiger partial charge in [-0.25, -0.2) is 0 Å². The molecule has 15 heavy (non-hydrogen) atoms. The normalized spacial score (nSPS) is 30.3. The Morgan fingerprint density at radius 1 is 1.47 bits per heavy atom. The summed E-state index contributed by atoms with van der Waals surface area (Å²) in [5.74, 6) is 0.339. The molecule has 1 heterocycles. The molecule has 1 saturated carbocycles. The van der Waals surface area contributed by atoms with Gasteiger partial charge in [-0.15, -0.1) is 0 Å². The fraction of sp³-hybridized carbons (Fsp3) is 0.833. The largest absolute Gasteiger partial charge is 0.306 e. The van der Waals surface area contributed by atoms with Crippen LogP contribution in [0.3, 0.4) is 0 Å². The molecule has 0 bridgehead atoms. The molecule has 0 aromatic rings. The van der Waals surface area contributed by atoms with Crippen LogP contribution in [0, 0.1) is 22.7 Å². The van der Waals surface area contributed by atoms with Crippen molar-refractivity contribution < 1.29 is 4.79 Å². The molecule has 0 aromatic heterocycles. The number of carbonyl (C=O) groups is 1. The van der Waals surface area contributed by atoms with Crippen molar-refractivity contribution in [1.82, 2.24) is 4.90 Å². The summed E-state index contributed by atoms with van der Waals surface area (Å²) in [7, 11) is 2.05. The van der Waals surface area contributed by atoms with Crippen LogP contribution in [-0.2, 0) is 4.79 Å². The molecule has 0 spiro atoms. The van der Waals surface area contributed by atoms with E-state index in [0.29, 0.717) is 0 Å². The van der Waals surface area contributed by atoms with E-state index in [0.717, 1.165) is 45.2 Å². The van der Waals surface area contributed by atoms with E-state index in [9.17, 15) is 4.79 Å². The van der Waals surface area contributed by atoms with E-state index in [4.69, 9.17) is 5.26 Å². The molecule has 1 atom stereocenters. The fourth-order valence-corrected chi connectivity index (χ4v) is 2.71. The molecule has 0 aromatic carbocycles. The zero-order chi connectivity index (χ0) is 10.9. The average Bonchev–Trinajstić information content (AvgIpc) is 2.17. The molecule has 0 amide bonds. The number of Topliss-reactive ketones (excluding diaryl/α,β-unsaturated/α-hetero) is 1. The molecule has 1 unspecified atom stereocenters. The van der Waals surface area contributed by atoms with Crippen molar-refractivity contribution in [3.63, 3.8) is 0 Å². The topological polar surface area (TPSA) is 44.1 Å². The maximum atomic E-state index is 12.2. The highest BCUT2D eigenvalue weighted by molar-refractivity contribution is 5.90. The number of ketones is 1. The molecule has 82 valence electrons. The van der Waals surface area contributed by atoms with Crippen molar-refractivity contribution in [2.45, 2.75) is 32.1 Å². The van der Waals surface area contributed by atoms with Crippen LogP contribution >= 0.6 is 0 Å². The minimum Gasteiger partial charge on any atom is -0.306 e. The van der Waals surface area contributed by atoms with Crippen LogP contribution in [-0.4, -0.2) is 30.8 Å². The van der Waals surface area contributed by atoms with Gasteiger partial charge in [0.15, 0.2) is 5.78 Å². The molecular formula is C12H18N2O. The van der Waals surface area contributed by atoms with Gasteiger partial charge in [-0.05, 0) is 45.7 Å². The SMILES string of the molecule is CN1CCCC(C(=O)C2(C#N)CCC2)C1. The third-order valence-electron chi connectivity index (χ3n) is 3.89. The molecule has 1 aliphatic carbocycles. The van der Waals surface area contributed by atoms with Crippen LogP contribution in [0.15, 0.2) is 0 Å². The molecule has 1 aliphatic heterocycles. The lowest BCUT2D eigenvalue weighted by Crippen LogP contribution is -2.45. The molecular weight excluding hydrogens is 188 g/mol. The maximum Gasteiger partial charge on any atom is 0.157 e. The first-order valence-electron chi connectivity index (χ1n) is 5.82. The van der Waals surface area contributed by atoms with E-state index < -0.39 is 5.41 Å². The first-order valence-corrected chi connectivity index (χ1v) is 5.82. The van der Waals surface area contributed by atoms with Gasteiger partial charge in [0.1, 0.15) is 5.41 Å². The van der Waals surface area contributed by atoms with Gasteiger partial charge in [-0.1, -0.05) is 0 Å². The molecule has 1 saturated heterocycles. The first-order chi connectivity index (χ1) is 7.18. The highest BCUT2D eigenvalue weighted by Crippen LogP contribution is 2.43. The summed E-state index contributed by atoms with van der Waals surface area (Å²) in [6.07, 6.45) is 4.70. The highest BCUT2D eigenvalue weighted by Gasteiger charge is 2.47. The van der Waals surface area contributed by atoms with E-state index in [2.05, 4.69) is 18.0 Å². The predicted molar refractivity (Wildman–Crippen MR) is 57.1 cm³/mol. The molecule has 2 fully saturated rings. The Morgan fingerprint density at radius 3 is 2.67 bits per heavy atom. The number of rotatable bonds is 2. The number of likely N-dealkylation sites (tertiary alicyclic amines) is 1. The lowest BCUT2D eigenvalue weighted by molar-refractivity contribution is -0.135. The van der Waals surface area contributed by atoms with E-state index in [1.807, 2.05) is 0 Å². The second kappa shape index (κ2) is 3.94. The Bertz CT molecular complexity index is 301. The summed E-state index contributed by atoms with van der Waals surface area (Å²) in [6.45, 7) is 1.94. The van der Waals surface area contributed by atoms with Crippen LogP contribution in [0.4, 0.5) is 0 Å². The van der Waals surface area contributed by atoms with Crippen LogP contribution in [0.25, 0.3) is 0 Å². The van der Waals surface area contributed by atoms with Gasteiger partial charge in [0.05, 0.1) is 6.07 Å². The van der Waals surface area contributed by atoms with Crippen molar-refractivity contribution in [2.24, 2.45) is 11.3 Å². The van der Waals surface area contributed by atoms with E-state index >= 15 is 0 Å². The van der Waals surface area contributed by atoms with Gasteiger partial charge in [-0.3, -0.25) is 4.79 Å². The summed E-state index contributed by atoms with van der Waals surface area (Å²) < 4.78 is 0. The molecule has 2 rings (SSSR count). The molecule has 3 nitrogen and oxygen atoms in total. The van der Waals surface area contributed by atoms with Crippen molar-refractivity contribution in [3.05, 3.63) is 0 Å². The molecule has 0 radical (unpaired) electrons. The quantitative estimate of drug-likeness (QED) is 0.689. The summed E-state index contributed by atoms with van der Waals surface area (Å²) >= 11 is 0. The average molecular weight is 206 g/mol. The number of piperidine rings is 1. The number of hydrogen-bond acceptors (Lipinski definition) is 3. The zero-order valence-electron chi connectivity index (χ0n) is 9.33. The highest BCUT2D eigenvalue weighted by atomic mass is 16.1. The number of hydrogen-bond donors (Lipinski definition) is 0. The van der Waals surface area contributed by atoms with Crippen molar-refractivity contribution >= 4 is 5.78 Å². The summed E-state index contributed by atoms with van der Waals surface area (Å²) in [5, 5.41) is 9.12. The summed E-state index contributed by atoms with van der Waals surface area (Å²) in [5.41, 5.74) is -0.594. The minimum absolute atomic E-state index is 0.115. The van der Waals surface area contributed by atoms with Gasteiger partial charge in [-0.2, -0.15) is 5.26 Å². The Balaban J connectivity index is 2.04. The maximum absolute atomic E-state index is 12.2. The summed E-state index contributed by atoms with van der Waals surface area (Å²) in [4.78, 5) is 14.4. The van der Waals surface area contributed by atoms with Gasteiger partial charge in [0, 0.05) is 12.5 Å². The molecule has 0 N–H and O–H groups in total. The molecule has 2 aliphatic rings. The van der Waals surface area contributed by atoms with Crippen LogP contribution < -0.4 is 0 Å². The number of nitriles is 1. The lowest BCUT2D eigenvalue weighted by atomic mass is 9.63. The lowest BCUT2D eigenvalue weighted by Gasteiger charge is -2.39. The Morgan fingerprint density at radius 2 is 2.20 bits per heavy atom. The van der Waals surface area contributed by atoms with Crippen molar-refractivity contribution in [2.75, 3.05) is 20.1 Å². The van der Waals surface area contributed by atoms with E-state index in [-0.39, 0.29) is 11.7 Å². The third-order valence-corrected chi connectivity index (χ3v) is 3.89. The summed E-state index contributed by atoms with van der Waals surface area (Å²) in [6, 6.07) is 2.26. The number of carbonyl (C=O) groups excluding carboxylic acids is 1. The van der Waals surface area contributed by atoms with Crippen LogP contribution in [0.5, 0.6) is 0 Å². The monoisotopic (exact) mass is 206 g/mol. The van der Waals surface area contributed by atoms with Crippen molar-refractivity contribution in [1.29, 1.82) is 5.26 Å². The van der Waals surface area contributed by atoms with Gasteiger partial charge in [0.2, 0.25) is 0 Å². The van der Waals surface area contributed by atoms with Gasteiger partial charge in [0.25, 0.3) is 0 Å². The Hall–Kier alpha value is -0.880. The third kappa shape index (κ3) is 1.79. The molecule has 3 heteroatoms. The first kappa shape index (κ1) is 10.6. The Kier molecular flexibility index (Phi) is 2.79.